The summed E-state index contributed by atoms with van der Waals surface area (Å²) in [6.07, 6.45) is -8.44. The van der Waals surface area contributed by atoms with Gasteiger partial charge in [0.15, 0.2) is 41.9 Å². The number of carbonyl (C=O) groups excluding carboxylic acids is 2. The number of nitrogens with zero attached hydrogens (tertiary/aromatic N) is 11. The summed E-state index contributed by atoms with van der Waals surface area (Å²) in [6, 6.07) is 29.8. The van der Waals surface area contributed by atoms with Crippen LogP contribution in [0.2, 0.25) is 0 Å². The molecule has 10 atom stereocenters. The molecule has 0 unspecified atom stereocenters. The third kappa shape index (κ3) is 11.0. The first-order chi connectivity index (χ1) is 41.6. The van der Waals surface area contributed by atoms with E-state index in [1.54, 1.807) is 46.0 Å². The van der Waals surface area contributed by atoms with Crippen molar-refractivity contribution >= 4 is 84.6 Å². The number of pyridine rings is 1. The van der Waals surface area contributed by atoms with Crippen LogP contribution in [0.1, 0.15) is 47.3 Å². The average molecular weight is 1230 g/mol. The van der Waals surface area contributed by atoms with Gasteiger partial charge in [0, 0.05) is 29.5 Å². The third-order valence-electron chi connectivity index (χ3n) is 14.9. The van der Waals surface area contributed by atoms with Crippen molar-refractivity contribution in [2.24, 2.45) is 0 Å². The standard InChI is InChI=1S/C55H50BF2N13O12P2S/c1-2-41(72)68-23-32-7-3-4-8-35(32)47-44(36-9-5-6-10-38(36)68)66-67-71(47)21-22-76-33-17-13-31(14-18-33)55(73)79-34-15-11-30(12-16-34)26-86-85(75)78-25-40-48(42(57)53(81-40)70-29-65-46-50(60)62-27-63-52(46)70)82-84(56,74)77-24-39-49(83-85)43(58)54(80-39)69-28-64-45-37(59)19-20-61-51(45)69/h3-20,27-29,39-40,42-43,48-49,53-54H,2,21-26H2,1H3,(H2,59,61)(H2,60,62,63)/t39-,40-,42-,43-,48-,49-,53-,54-,84+,85+/m1/s1. The molecule has 0 saturated carbocycles. The largest absolute Gasteiger partial charge is 0.492 e. The third-order valence-corrected chi connectivity index (χ3v) is 19.6. The molecule has 1 amide bonds. The first-order valence-electron chi connectivity index (χ1n) is 27.0. The summed E-state index contributed by atoms with van der Waals surface area (Å²) in [5, 5.41) is 9.14. The molecule has 9 heterocycles. The van der Waals surface area contributed by atoms with Crippen molar-refractivity contribution in [3.05, 3.63) is 145 Å². The number of imidazole rings is 2. The summed E-state index contributed by atoms with van der Waals surface area (Å²) in [5.74, 6) is -0.0592. The van der Waals surface area contributed by atoms with E-state index < -0.39 is 82.7 Å². The van der Waals surface area contributed by atoms with Gasteiger partial charge in [-0.3, -0.25) is 27.5 Å². The molecule has 9 aromatic rings. The summed E-state index contributed by atoms with van der Waals surface area (Å²) >= 11 is 0.666. The molecule has 31 heteroatoms. The van der Waals surface area contributed by atoms with Gasteiger partial charge in [0.2, 0.25) is 13.5 Å². The first-order valence-corrected chi connectivity index (χ1v) is 31.7. The number of nitrogen functional groups attached to an aromatic ring is 2. The summed E-state index contributed by atoms with van der Waals surface area (Å²) < 4.78 is 115. The number of halogens is 2. The molecule has 4 aromatic carbocycles. The van der Waals surface area contributed by atoms with Crippen molar-refractivity contribution in [3.8, 4) is 34.0 Å². The lowest BCUT2D eigenvalue weighted by molar-refractivity contribution is -0.118. The number of para-hydroxylation sites is 1. The van der Waals surface area contributed by atoms with Gasteiger partial charge in [0.05, 0.1) is 61.6 Å². The summed E-state index contributed by atoms with van der Waals surface area (Å²) in [4.78, 5) is 49.3. The van der Waals surface area contributed by atoms with Gasteiger partial charge >= 0.3 is 12.8 Å². The van der Waals surface area contributed by atoms with Crippen LogP contribution in [0, 0.1) is 0 Å². The molecule has 2 radical (unpaired) electrons. The minimum atomic E-state index is -4.72. The van der Waals surface area contributed by atoms with Crippen LogP contribution in [-0.4, -0.2) is 125 Å². The SMILES string of the molecule is [B][P@]1(=O)OC[C@H]2O[C@@H](n3cnc4c(N)ccnc43)[C@H](F)[C@@H]2O[P@@](=O)(SCc2ccc(OC(=O)c3ccc(OCCn4nnc5c4-c4ccccc4CN(C(=O)CC)c4ccccc4-5)cc3)cc2)OC[C@H]2O[C@@H](n3cnc4c(N)ncnc43)[C@H](F)[C@@H]2O1. The molecular weight excluding hydrogens is 1180 g/mol. The predicted octanol–water partition coefficient (Wildman–Crippen LogP) is 8.52. The zero-order valence-corrected chi connectivity index (χ0v) is 47.9. The van der Waals surface area contributed by atoms with E-state index in [-0.39, 0.29) is 63.4 Å². The highest BCUT2D eigenvalue weighted by Crippen LogP contribution is 2.65. The number of ether oxygens (including phenoxy) is 4. The topological polar surface area (TPSA) is 302 Å². The molecule has 4 aliphatic rings. The van der Waals surface area contributed by atoms with Crippen LogP contribution < -0.4 is 25.8 Å². The van der Waals surface area contributed by atoms with E-state index in [0.29, 0.717) is 47.9 Å². The number of rotatable bonds is 12. The molecule has 25 nitrogen and oxygen atoms in total. The Morgan fingerprint density at radius 2 is 1.43 bits per heavy atom. The van der Waals surface area contributed by atoms with E-state index in [1.165, 1.54) is 46.2 Å². The number of aromatic nitrogens is 10. The number of fused-ring (bicyclic) bond motifs is 9. The highest BCUT2D eigenvalue weighted by Gasteiger charge is 2.55. The van der Waals surface area contributed by atoms with Crippen LogP contribution in [0.15, 0.2) is 128 Å². The van der Waals surface area contributed by atoms with Gasteiger partial charge in [-0.05, 0) is 71.0 Å². The Kier molecular flexibility index (Phi) is 15.5. The van der Waals surface area contributed by atoms with Crippen molar-refractivity contribution in [3.63, 3.8) is 0 Å². The number of hydrogen-bond acceptors (Lipinski definition) is 22. The Morgan fingerprint density at radius 3 is 2.17 bits per heavy atom. The Morgan fingerprint density at radius 1 is 0.767 bits per heavy atom. The second-order valence-electron chi connectivity index (χ2n) is 20.2. The van der Waals surface area contributed by atoms with Crippen molar-refractivity contribution in [2.75, 3.05) is 36.2 Å². The maximum absolute atomic E-state index is 17.0. The zero-order valence-electron chi connectivity index (χ0n) is 45.3. The summed E-state index contributed by atoms with van der Waals surface area (Å²) in [5.41, 5.74) is 18.7. The number of carbonyl (C=O) groups is 2. The molecule has 0 spiro atoms. The van der Waals surface area contributed by atoms with Crippen LogP contribution in [0.25, 0.3) is 44.8 Å². The molecular formula is C55H50BF2N13O12P2S. The lowest BCUT2D eigenvalue weighted by atomic mass is 9.95. The molecule has 3 saturated heterocycles. The molecule has 4 aliphatic heterocycles. The summed E-state index contributed by atoms with van der Waals surface area (Å²) in [6.45, 7) is -3.32. The highest BCUT2D eigenvalue weighted by molar-refractivity contribution is 8.54. The average Bonchev–Trinajstić information content (AvgIpc) is 1.87. The number of nitrogens with two attached hydrogens (primary N) is 2. The lowest BCUT2D eigenvalue weighted by Crippen LogP contribution is -2.37. The Labute approximate surface area is 492 Å². The number of anilines is 3. The molecule has 5 aromatic heterocycles. The number of alkyl halides is 2. The van der Waals surface area contributed by atoms with Gasteiger partial charge in [0.1, 0.15) is 65.6 Å². The van der Waals surface area contributed by atoms with E-state index in [1.807, 2.05) is 55.5 Å². The van der Waals surface area contributed by atoms with E-state index in [9.17, 15) is 14.2 Å². The highest BCUT2D eigenvalue weighted by atomic mass is 32.7. The van der Waals surface area contributed by atoms with Crippen LogP contribution in [0.5, 0.6) is 11.5 Å². The van der Waals surface area contributed by atoms with Gasteiger partial charge in [-0.1, -0.05) is 66.7 Å². The normalized spacial score (nSPS) is 25.6. The molecule has 0 aliphatic carbocycles. The van der Waals surface area contributed by atoms with E-state index in [4.69, 9.17) is 56.1 Å². The quantitative estimate of drug-likeness (QED) is 0.0501. The maximum Gasteiger partial charge on any atom is 0.389 e. The van der Waals surface area contributed by atoms with Crippen LogP contribution in [0.3, 0.4) is 0 Å². The molecule has 0 bridgehead atoms. The van der Waals surface area contributed by atoms with Crippen molar-refractivity contribution in [2.45, 2.75) is 81.4 Å². The second-order valence-corrected chi connectivity index (χ2v) is 25.8. The van der Waals surface area contributed by atoms with Gasteiger partial charge < -0.3 is 44.4 Å². The first kappa shape index (κ1) is 57.1. The summed E-state index contributed by atoms with van der Waals surface area (Å²) in [7, 11) is 1.34. The van der Waals surface area contributed by atoms with Crippen molar-refractivity contribution < 1.29 is 64.5 Å². The molecule has 86 heavy (non-hydrogen) atoms. The minimum Gasteiger partial charge on any atom is -0.492 e. The number of hydrogen-bond donors (Lipinski definition) is 2. The van der Waals surface area contributed by atoms with Gasteiger partial charge in [0.25, 0.3) is 7.47 Å². The lowest BCUT2D eigenvalue weighted by Gasteiger charge is -2.30. The van der Waals surface area contributed by atoms with Crippen LogP contribution >= 0.6 is 25.7 Å². The van der Waals surface area contributed by atoms with Gasteiger partial charge in [-0.15, -0.1) is 5.10 Å². The van der Waals surface area contributed by atoms with Crippen LogP contribution in [-0.2, 0) is 60.3 Å². The number of benzene rings is 4. The smallest absolute Gasteiger partial charge is 0.389 e. The van der Waals surface area contributed by atoms with Crippen LogP contribution in [0.4, 0.5) is 26.0 Å². The molecule has 13 rings (SSSR count). The Bertz CT molecular complexity index is 4150. The second kappa shape index (κ2) is 23.4. The van der Waals surface area contributed by atoms with Crippen molar-refractivity contribution in [1.82, 2.24) is 49.0 Å². The fourth-order valence-corrected chi connectivity index (χ4v) is 15.0. The fourth-order valence-electron chi connectivity index (χ4n) is 10.6. The molecule has 4 N–H and O–H groups in total. The Balaban J connectivity index is 0.686. The minimum absolute atomic E-state index is 0.00454. The molecule has 440 valence electrons. The van der Waals surface area contributed by atoms with E-state index >= 15 is 13.3 Å². The zero-order chi connectivity index (χ0) is 59.4. The monoisotopic (exact) mass is 1230 g/mol. The van der Waals surface area contributed by atoms with Gasteiger partial charge in [-0.2, -0.15) is 0 Å². The Hall–Kier alpha value is -7.98. The number of esters is 1. The fraction of sp³-hybridized carbons (Fsp3) is 0.291. The van der Waals surface area contributed by atoms with Crippen molar-refractivity contribution in [1.29, 1.82) is 0 Å². The van der Waals surface area contributed by atoms with E-state index in [2.05, 4.69) is 35.2 Å². The number of amides is 1. The maximum atomic E-state index is 17.0. The van der Waals surface area contributed by atoms with E-state index in [0.717, 1.165) is 34.4 Å². The predicted molar refractivity (Wildman–Crippen MR) is 309 cm³/mol. The molecule has 3 fully saturated rings. The van der Waals surface area contributed by atoms with Gasteiger partial charge in [-0.25, -0.2) is 47.7 Å².